The molecule has 22 heavy (non-hydrogen) atoms. The minimum absolute atomic E-state index is 0.0138. The van der Waals surface area contributed by atoms with Crippen molar-refractivity contribution in [1.29, 1.82) is 0 Å². The zero-order chi connectivity index (χ0) is 15.7. The number of benzene rings is 1. The molecule has 0 bridgehead atoms. The molecule has 0 aromatic heterocycles. The minimum Gasteiger partial charge on any atom is -0.486 e. The SMILES string of the molecule is CN(C)C(=O)CN1C(=O)CSC1c1ccc2c(c1)OCCO2. The quantitative estimate of drug-likeness (QED) is 0.835. The zero-order valence-corrected chi connectivity index (χ0v) is 13.4. The first kappa shape index (κ1) is 15.0. The van der Waals surface area contributed by atoms with E-state index in [0.29, 0.717) is 24.7 Å². The average molecular weight is 322 g/mol. The number of nitrogens with zero attached hydrogens (tertiary/aromatic N) is 2. The number of thioether (sulfide) groups is 1. The van der Waals surface area contributed by atoms with Gasteiger partial charge in [0.1, 0.15) is 25.1 Å². The maximum Gasteiger partial charge on any atom is 0.241 e. The molecule has 2 aliphatic heterocycles. The molecule has 1 unspecified atom stereocenters. The Labute approximate surface area is 133 Å². The second-order valence-corrected chi connectivity index (χ2v) is 6.44. The van der Waals surface area contributed by atoms with Crippen molar-refractivity contribution in [3.63, 3.8) is 0 Å². The lowest BCUT2D eigenvalue weighted by Gasteiger charge is -2.26. The minimum atomic E-state index is -0.160. The predicted molar refractivity (Wildman–Crippen MR) is 83.0 cm³/mol. The fraction of sp³-hybridized carbons (Fsp3) is 0.467. The Balaban J connectivity index is 1.83. The third-order valence-electron chi connectivity index (χ3n) is 3.62. The summed E-state index contributed by atoms with van der Waals surface area (Å²) >= 11 is 1.53. The van der Waals surface area contributed by atoms with Gasteiger partial charge in [0.05, 0.1) is 5.75 Å². The Morgan fingerprint density at radius 1 is 1.32 bits per heavy atom. The fourth-order valence-corrected chi connectivity index (χ4v) is 3.58. The lowest BCUT2D eigenvalue weighted by atomic mass is 10.1. The number of hydrogen-bond donors (Lipinski definition) is 0. The Bertz CT molecular complexity index is 605. The van der Waals surface area contributed by atoms with E-state index in [4.69, 9.17) is 9.47 Å². The zero-order valence-electron chi connectivity index (χ0n) is 12.6. The van der Waals surface area contributed by atoms with Crippen LogP contribution in [0.4, 0.5) is 0 Å². The van der Waals surface area contributed by atoms with E-state index in [0.717, 1.165) is 11.3 Å². The standard InChI is InChI=1S/C15H18N2O4S/c1-16(2)13(18)8-17-14(19)9-22-15(17)10-3-4-11-12(7-10)21-6-5-20-11/h3-4,7,15H,5-6,8-9H2,1-2H3. The molecule has 2 heterocycles. The van der Waals surface area contributed by atoms with Gasteiger partial charge < -0.3 is 19.3 Å². The highest BCUT2D eigenvalue weighted by Gasteiger charge is 2.35. The molecular formula is C15H18N2O4S. The van der Waals surface area contributed by atoms with Crippen molar-refractivity contribution in [2.45, 2.75) is 5.37 Å². The first-order valence-corrected chi connectivity index (χ1v) is 8.12. The summed E-state index contributed by atoms with van der Waals surface area (Å²) in [6.07, 6.45) is 0. The second-order valence-electron chi connectivity index (χ2n) is 5.38. The summed E-state index contributed by atoms with van der Waals surface area (Å²) in [6, 6.07) is 5.69. The summed E-state index contributed by atoms with van der Waals surface area (Å²) in [5.41, 5.74) is 0.951. The van der Waals surface area contributed by atoms with Gasteiger partial charge in [-0.2, -0.15) is 0 Å². The molecule has 3 rings (SSSR count). The molecule has 7 heteroatoms. The van der Waals surface area contributed by atoms with Crippen LogP contribution in [-0.2, 0) is 9.59 Å². The first-order valence-electron chi connectivity index (χ1n) is 7.07. The van der Waals surface area contributed by atoms with Crippen LogP contribution in [0, 0.1) is 0 Å². The van der Waals surface area contributed by atoms with Gasteiger partial charge in [-0.1, -0.05) is 6.07 Å². The van der Waals surface area contributed by atoms with Gasteiger partial charge in [-0.05, 0) is 17.7 Å². The van der Waals surface area contributed by atoms with Crippen molar-refractivity contribution >= 4 is 23.6 Å². The van der Waals surface area contributed by atoms with E-state index in [9.17, 15) is 9.59 Å². The molecule has 2 amide bonds. The molecule has 0 spiro atoms. The second kappa shape index (κ2) is 6.08. The predicted octanol–water partition coefficient (Wildman–Crippen LogP) is 1.12. The lowest BCUT2D eigenvalue weighted by Crippen LogP contribution is -2.38. The number of amides is 2. The van der Waals surface area contributed by atoms with E-state index >= 15 is 0 Å². The monoisotopic (exact) mass is 322 g/mol. The normalized spacial score (nSPS) is 20.2. The summed E-state index contributed by atoms with van der Waals surface area (Å²) in [7, 11) is 3.38. The summed E-state index contributed by atoms with van der Waals surface area (Å²) in [6.45, 7) is 1.17. The molecule has 0 aliphatic carbocycles. The van der Waals surface area contributed by atoms with Crippen molar-refractivity contribution in [1.82, 2.24) is 9.80 Å². The van der Waals surface area contributed by atoms with Gasteiger partial charge >= 0.3 is 0 Å². The molecule has 0 N–H and O–H groups in total. The molecule has 118 valence electrons. The van der Waals surface area contributed by atoms with Gasteiger partial charge in [-0.25, -0.2) is 0 Å². The van der Waals surface area contributed by atoms with Crippen LogP contribution in [0.3, 0.4) is 0 Å². The van der Waals surface area contributed by atoms with E-state index in [1.165, 1.54) is 16.7 Å². The van der Waals surface area contributed by atoms with E-state index in [1.807, 2.05) is 18.2 Å². The molecular weight excluding hydrogens is 304 g/mol. The third kappa shape index (κ3) is 2.85. The fourth-order valence-electron chi connectivity index (χ4n) is 2.40. The van der Waals surface area contributed by atoms with Crippen LogP contribution in [0.25, 0.3) is 0 Å². The molecule has 1 fully saturated rings. The molecule has 2 aliphatic rings. The molecule has 1 aromatic rings. The molecule has 0 radical (unpaired) electrons. The average Bonchev–Trinajstić information content (AvgIpc) is 2.88. The maximum atomic E-state index is 12.1. The van der Waals surface area contributed by atoms with Crippen molar-refractivity contribution in [3.8, 4) is 11.5 Å². The van der Waals surface area contributed by atoms with Crippen molar-refractivity contribution in [3.05, 3.63) is 23.8 Å². The van der Waals surface area contributed by atoms with Crippen LogP contribution in [0.2, 0.25) is 0 Å². The van der Waals surface area contributed by atoms with Gasteiger partial charge in [0.2, 0.25) is 11.8 Å². The van der Waals surface area contributed by atoms with Gasteiger partial charge in [0.15, 0.2) is 11.5 Å². The Morgan fingerprint density at radius 2 is 2.05 bits per heavy atom. The molecule has 1 aromatic carbocycles. The van der Waals surface area contributed by atoms with Crippen LogP contribution >= 0.6 is 11.8 Å². The Hall–Kier alpha value is -1.89. The maximum absolute atomic E-state index is 12.1. The number of carbonyl (C=O) groups is 2. The topological polar surface area (TPSA) is 59.1 Å². The Kier molecular flexibility index (Phi) is 4.15. The third-order valence-corrected chi connectivity index (χ3v) is 4.88. The van der Waals surface area contributed by atoms with Crippen molar-refractivity contribution in [2.75, 3.05) is 39.6 Å². The van der Waals surface area contributed by atoms with Gasteiger partial charge in [0.25, 0.3) is 0 Å². The summed E-state index contributed by atoms with van der Waals surface area (Å²) in [5.74, 6) is 1.71. The molecule has 1 saturated heterocycles. The number of ether oxygens (including phenoxy) is 2. The van der Waals surface area contributed by atoms with Crippen LogP contribution in [0.1, 0.15) is 10.9 Å². The number of fused-ring (bicyclic) bond motifs is 1. The molecule has 0 saturated carbocycles. The van der Waals surface area contributed by atoms with Crippen molar-refractivity contribution in [2.24, 2.45) is 0 Å². The number of likely N-dealkylation sites (N-methyl/N-ethyl adjacent to an activating group) is 1. The van der Waals surface area contributed by atoms with Crippen LogP contribution < -0.4 is 9.47 Å². The lowest BCUT2D eigenvalue weighted by molar-refractivity contribution is -0.137. The van der Waals surface area contributed by atoms with E-state index in [1.54, 1.807) is 19.0 Å². The number of rotatable bonds is 3. The van der Waals surface area contributed by atoms with Gasteiger partial charge in [0, 0.05) is 14.1 Å². The smallest absolute Gasteiger partial charge is 0.241 e. The van der Waals surface area contributed by atoms with Crippen LogP contribution in [0.15, 0.2) is 18.2 Å². The Morgan fingerprint density at radius 3 is 2.77 bits per heavy atom. The van der Waals surface area contributed by atoms with E-state index in [2.05, 4.69) is 0 Å². The number of hydrogen-bond acceptors (Lipinski definition) is 5. The van der Waals surface area contributed by atoms with E-state index < -0.39 is 0 Å². The van der Waals surface area contributed by atoms with Crippen LogP contribution in [0.5, 0.6) is 11.5 Å². The summed E-state index contributed by atoms with van der Waals surface area (Å²) in [5, 5.41) is -0.160. The molecule has 6 nitrogen and oxygen atoms in total. The molecule has 1 atom stereocenters. The highest BCUT2D eigenvalue weighted by atomic mass is 32.2. The largest absolute Gasteiger partial charge is 0.486 e. The highest BCUT2D eigenvalue weighted by molar-refractivity contribution is 8.00. The number of carbonyl (C=O) groups excluding carboxylic acids is 2. The first-order chi connectivity index (χ1) is 10.6. The van der Waals surface area contributed by atoms with Crippen LogP contribution in [-0.4, -0.2) is 61.2 Å². The van der Waals surface area contributed by atoms with E-state index in [-0.39, 0.29) is 23.7 Å². The summed E-state index contributed by atoms with van der Waals surface area (Å²) in [4.78, 5) is 27.1. The van der Waals surface area contributed by atoms with Gasteiger partial charge in [-0.15, -0.1) is 11.8 Å². The van der Waals surface area contributed by atoms with Crippen molar-refractivity contribution < 1.29 is 19.1 Å². The van der Waals surface area contributed by atoms with Gasteiger partial charge in [-0.3, -0.25) is 9.59 Å². The summed E-state index contributed by atoms with van der Waals surface area (Å²) < 4.78 is 11.1. The highest BCUT2D eigenvalue weighted by Crippen LogP contribution is 2.42.